The number of hydrogen-bond donors (Lipinski definition) is 1. The van der Waals surface area contributed by atoms with E-state index in [4.69, 9.17) is 9.47 Å². The molecule has 0 aromatic heterocycles. The van der Waals surface area contributed by atoms with Crippen molar-refractivity contribution in [2.75, 3.05) is 20.3 Å². The van der Waals surface area contributed by atoms with Crippen LogP contribution in [-0.2, 0) is 9.53 Å². The minimum absolute atomic E-state index is 0.278. The molecule has 0 saturated carbocycles. The Morgan fingerprint density at radius 3 is 2.71 bits per heavy atom. The van der Waals surface area contributed by atoms with Crippen LogP contribution < -0.4 is 10.1 Å². The van der Waals surface area contributed by atoms with Crippen molar-refractivity contribution in [1.29, 1.82) is 0 Å². The molecule has 0 fully saturated rings. The Morgan fingerprint density at radius 1 is 1.43 bits per heavy atom. The largest absolute Gasteiger partial charge is 0.493 e. The molecule has 0 heterocycles. The third-order valence-corrected chi connectivity index (χ3v) is 3.44. The minimum atomic E-state index is -0.717. The number of methoxy groups -OCH3 is 1. The van der Waals surface area contributed by atoms with Crippen molar-refractivity contribution in [2.24, 2.45) is 0 Å². The summed E-state index contributed by atoms with van der Waals surface area (Å²) in [6, 6.07) is 4.79. The summed E-state index contributed by atoms with van der Waals surface area (Å²) in [6.07, 6.45) is 1.25. The Labute approximate surface area is 125 Å². The van der Waals surface area contributed by atoms with E-state index in [2.05, 4.69) is 5.32 Å². The fraction of sp³-hybridized carbons (Fsp3) is 0.562. The molecule has 0 bridgehead atoms. The van der Waals surface area contributed by atoms with Crippen LogP contribution in [0.5, 0.6) is 5.75 Å². The molecule has 0 aliphatic carbocycles. The average molecular weight is 297 g/mol. The highest BCUT2D eigenvalue weighted by atomic mass is 19.1. The predicted octanol–water partition coefficient (Wildman–Crippen LogP) is 2.83. The molecule has 0 aliphatic heterocycles. The zero-order valence-corrected chi connectivity index (χ0v) is 13.2. The van der Waals surface area contributed by atoms with Crippen LogP contribution in [0.15, 0.2) is 18.2 Å². The number of ether oxygens (including phenoxy) is 2. The van der Waals surface area contributed by atoms with Crippen molar-refractivity contribution in [2.45, 2.75) is 39.2 Å². The molecule has 21 heavy (non-hydrogen) atoms. The first-order valence-electron chi connectivity index (χ1n) is 7.15. The first-order valence-corrected chi connectivity index (χ1v) is 7.15. The number of halogens is 1. The van der Waals surface area contributed by atoms with Crippen molar-refractivity contribution in [3.63, 3.8) is 0 Å². The summed E-state index contributed by atoms with van der Waals surface area (Å²) >= 11 is 0. The summed E-state index contributed by atoms with van der Waals surface area (Å²) in [7, 11) is 1.38. The predicted molar refractivity (Wildman–Crippen MR) is 80.0 cm³/mol. The minimum Gasteiger partial charge on any atom is -0.493 e. The maximum absolute atomic E-state index is 13.4. The fourth-order valence-corrected chi connectivity index (χ4v) is 2.16. The quantitative estimate of drug-likeness (QED) is 0.592. The second kappa shape index (κ2) is 7.98. The summed E-state index contributed by atoms with van der Waals surface area (Å²) < 4.78 is 23.7. The second-order valence-electron chi connectivity index (χ2n) is 5.22. The van der Waals surface area contributed by atoms with Gasteiger partial charge in [0.1, 0.15) is 17.1 Å². The van der Waals surface area contributed by atoms with Gasteiger partial charge in [0, 0.05) is 6.07 Å². The van der Waals surface area contributed by atoms with Crippen LogP contribution >= 0.6 is 0 Å². The summed E-state index contributed by atoms with van der Waals surface area (Å²) in [5.74, 6) is -0.0633. The molecular formula is C16H24FNO3. The van der Waals surface area contributed by atoms with Gasteiger partial charge in [-0.15, -0.1) is 0 Å². The third-order valence-electron chi connectivity index (χ3n) is 3.44. The summed E-state index contributed by atoms with van der Waals surface area (Å²) in [6.45, 7) is 6.55. The fourth-order valence-electron chi connectivity index (χ4n) is 2.16. The van der Waals surface area contributed by atoms with Gasteiger partial charge in [-0.05, 0) is 44.9 Å². The van der Waals surface area contributed by atoms with Gasteiger partial charge >= 0.3 is 5.97 Å². The topological polar surface area (TPSA) is 47.6 Å². The molecule has 1 aromatic carbocycles. The van der Waals surface area contributed by atoms with Crippen LogP contribution in [0.2, 0.25) is 0 Å². The normalized spacial score (nSPS) is 13.6. The zero-order chi connectivity index (χ0) is 15.9. The third kappa shape index (κ3) is 5.01. The van der Waals surface area contributed by atoms with Crippen molar-refractivity contribution in [3.05, 3.63) is 29.6 Å². The Bertz CT molecular complexity index is 479. The van der Waals surface area contributed by atoms with E-state index in [1.54, 1.807) is 19.1 Å². The van der Waals surface area contributed by atoms with E-state index in [1.165, 1.54) is 13.2 Å². The van der Waals surface area contributed by atoms with Crippen LogP contribution in [0.3, 0.4) is 0 Å². The Hall–Kier alpha value is -1.62. The summed E-state index contributed by atoms with van der Waals surface area (Å²) in [5, 5.41) is 3.13. The van der Waals surface area contributed by atoms with E-state index >= 15 is 0 Å². The summed E-state index contributed by atoms with van der Waals surface area (Å²) in [4.78, 5) is 11.8. The van der Waals surface area contributed by atoms with Crippen molar-refractivity contribution in [1.82, 2.24) is 5.32 Å². The van der Waals surface area contributed by atoms with Crippen LogP contribution in [0.1, 0.15) is 32.3 Å². The van der Waals surface area contributed by atoms with E-state index in [0.29, 0.717) is 37.3 Å². The molecule has 118 valence electrons. The number of nitrogens with one attached hydrogen (secondary N) is 1. The molecule has 4 nitrogen and oxygen atoms in total. The molecule has 5 heteroatoms. The number of aryl methyl sites for hydroxylation is 1. The molecule has 1 N–H and O–H groups in total. The highest BCUT2D eigenvalue weighted by Gasteiger charge is 2.32. The number of carbonyl (C=O) groups excluding carboxylic acids is 1. The number of carbonyl (C=O) groups is 1. The number of esters is 1. The van der Waals surface area contributed by atoms with Crippen molar-refractivity contribution >= 4 is 5.97 Å². The molecule has 1 aromatic rings. The van der Waals surface area contributed by atoms with Crippen molar-refractivity contribution < 1.29 is 18.7 Å². The lowest BCUT2D eigenvalue weighted by atomic mass is 9.96. The van der Waals surface area contributed by atoms with Crippen LogP contribution in [0.25, 0.3) is 0 Å². The highest BCUT2D eigenvalue weighted by molar-refractivity contribution is 5.80. The smallest absolute Gasteiger partial charge is 0.325 e. The lowest BCUT2D eigenvalue weighted by Gasteiger charge is -2.27. The van der Waals surface area contributed by atoms with Gasteiger partial charge in [-0.1, -0.05) is 13.0 Å². The van der Waals surface area contributed by atoms with Crippen LogP contribution in [0.4, 0.5) is 4.39 Å². The van der Waals surface area contributed by atoms with Gasteiger partial charge in [0.25, 0.3) is 0 Å². The van der Waals surface area contributed by atoms with Gasteiger partial charge in [0.15, 0.2) is 0 Å². The standard InChI is InChI=1S/C16H24FNO3/c1-5-18-16(3,15(19)20-4)9-6-10-21-13-8-7-12(2)14(17)11-13/h7-8,11,18H,5-6,9-10H2,1-4H3. The average Bonchev–Trinajstić information content (AvgIpc) is 2.46. The molecule has 0 radical (unpaired) electrons. The van der Waals surface area contributed by atoms with E-state index in [1.807, 2.05) is 13.8 Å². The molecule has 1 unspecified atom stereocenters. The molecule has 1 rings (SSSR count). The van der Waals surface area contributed by atoms with E-state index in [0.717, 1.165) is 0 Å². The Balaban J connectivity index is 2.47. The van der Waals surface area contributed by atoms with Crippen LogP contribution in [-0.4, -0.2) is 31.8 Å². The van der Waals surface area contributed by atoms with Gasteiger partial charge in [0.05, 0.1) is 13.7 Å². The second-order valence-corrected chi connectivity index (χ2v) is 5.22. The maximum Gasteiger partial charge on any atom is 0.325 e. The van der Waals surface area contributed by atoms with Gasteiger partial charge in [-0.3, -0.25) is 4.79 Å². The van der Waals surface area contributed by atoms with Gasteiger partial charge < -0.3 is 14.8 Å². The number of hydrogen-bond acceptors (Lipinski definition) is 4. The van der Waals surface area contributed by atoms with Crippen molar-refractivity contribution in [3.8, 4) is 5.75 Å². The lowest BCUT2D eigenvalue weighted by Crippen LogP contribution is -2.50. The number of likely N-dealkylation sites (N-methyl/N-ethyl adjacent to an activating group) is 1. The molecule has 1 atom stereocenters. The number of benzene rings is 1. The Kier molecular flexibility index (Phi) is 6.62. The number of rotatable bonds is 8. The monoisotopic (exact) mass is 297 g/mol. The molecule has 0 spiro atoms. The van der Waals surface area contributed by atoms with Gasteiger partial charge in [-0.25, -0.2) is 4.39 Å². The van der Waals surface area contributed by atoms with Gasteiger partial charge in [0.2, 0.25) is 0 Å². The zero-order valence-electron chi connectivity index (χ0n) is 13.2. The maximum atomic E-state index is 13.4. The molecule has 0 saturated heterocycles. The molecular weight excluding hydrogens is 273 g/mol. The van der Waals surface area contributed by atoms with E-state index in [9.17, 15) is 9.18 Å². The van der Waals surface area contributed by atoms with Gasteiger partial charge in [-0.2, -0.15) is 0 Å². The first-order chi connectivity index (χ1) is 9.92. The highest BCUT2D eigenvalue weighted by Crippen LogP contribution is 2.18. The Morgan fingerprint density at radius 2 is 2.14 bits per heavy atom. The molecule has 0 amide bonds. The SMILES string of the molecule is CCNC(C)(CCCOc1ccc(C)c(F)c1)C(=O)OC. The lowest BCUT2D eigenvalue weighted by molar-refractivity contribution is -0.148. The van der Waals surface area contributed by atoms with E-state index in [-0.39, 0.29) is 11.8 Å². The first kappa shape index (κ1) is 17.4. The molecule has 0 aliphatic rings. The van der Waals surface area contributed by atoms with E-state index < -0.39 is 5.54 Å². The van der Waals surface area contributed by atoms with Crippen LogP contribution in [0, 0.1) is 12.7 Å². The summed E-state index contributed by atoms with van der Waals surface area (Å²) in [5.41, 5.74) is -0.126.